The molecule has 4 N–H and O–H groups in total. The van der Waals surface area contributed by atoms with Crippen LogP contribution in [0.5, 0.6) is 0 Å². The van der Waals surface area contributed by atoms with Gasteiger partial charge in [0.1, 0.15) is 17.2 Å². The minimum Gasteiger partial charge on any atom is -0.382 e. The summed E-state index contributed by atoms with van der Waals surface area (Å²) in [4.78, 5) is 12.0. The molecule has 0 atom stereocenters. The fourth-order valence-electron chi connectivity index (χ4n) is 2.24. The normalized spacial score (nSPS) is 11.8. The molecule has 3 aromatic rings. The van der Waals surface area contributed by atoms with Gasteiger partial charge in [0.05, 0.1) is 11.8 Å². The van der Waals surface area contributed by atoms with Gasteiger partial charge in [-0.15, -0.1) is 0 Å². The Morgan fingerprint density at radius 2 is 1.68 bits per heavy atom. The van der Waals surface area contributed by atoms with Crippen LogP contribution in [0.1, 0.15) is 5.56 Å². The molecular formula is C14H10F3N5. The molecule has 3 rings (SSSR count). The van der Waals surface area contributed by atoms with Crippen molar-refractivity contribution in [3.05, 3.63) is 42.2 Å². The lowest BCUT2D eigenvalue weighted by atomic mass is 10.0. The lowest BCUT2D eigenvalue weighted by Crippen LogP contribution is -2.06. The largest absolute Gasteiger partial charge is 0.417 e. The number of hydrogen-bond acceptors (Lipinski definition) is 5. The van der Waals surface area contributed by atoms with Crippen molar-refractivity contribution in [2.75, 3.05) is 11.5 Å². The second kappa shape index (κ2) is 4.83. The first kappa shape index (κ1) is 14.1. The van der Waals surface area contributed by atoms with Gasteiger partial charge in [-0.2, -0.15) is 13.2 Å². The van der Waals surface area contributed by atoms with E-state index >= 15 is 0 Å². The Hall–Kier alpha value is -2.90. The third-order valence-electron chi connectivity index (χ3n) is 3.15. The van der Waals surface area contributed by atoms with E-state index in [-0.39, 0.29) is 28.4 Å². The lowest BCUT2D eigenvalue weighted by molar-refractivity contribution is -0.136. The van der Waals surface area contributed by atoms with Gasteiger partial charge in [0.25, 0.3) is 0 Å². The van der Waals surface area contributed by atoms with E-state index in [1.807, 2.05) is 0 Å². The summed E-state index contributed by atoms with van der Waals surface area (Å²) in [5.41, 5.74) is 10.9. The summed E-state index contributed by atoms with van der Waals surface area (Å²) in [6, 6.07) is 5.17. The van der Waals surface area contributed by atoms with Crippen molar-refractivity contribution in [2.45, 2.75) is 6.18 Å². The Morgan fingerprint density at radius 1 is 0.909 bits per heavy atom. The number of pyridine rings is 1. The van der Waals surface area contributed by atoms with Crippen molar-refractivity contribution >= 4 is 22.4 Å². The van der Waals surface area contributed by atoms with Crippen molar-refractivity contribution in [3.8, 4) is 11.4 Å². The van der Waals surface area contributed by atoms with Crippen LogP contribution in [-0.2, 0) is 6.18 Å². The zero-order chi connectivity index (χ0) is 15.9. The molecule has 0 bridgehead atoms. The second-order valence-electron chi connectivity index (χ2n) is 4.59. The summed E-state index contributed by atoms with van der Waals surface area (Å²) in [5, 5.41) is 0.320. The predicted molar refractivity (Wildman–Crippen MR) is 76.6 cm³/mol. The summed E-state index contributed by atoms with van der Waals surface area (Å²) in [5.74, 6) is 0.134. The molecule has 1 aromatic carbocycles. The Bertz CT molecular complexity index is 861. The summed E-state index contributed by atoms with van der Waals surface area (Å²) in [7, 11) is 0. The van der Waals surface area contributed by atoms with Gasteiger partial charge in [0.2, 0.25) is 0 Å². The maximum Gasteiger partial charge on any atom is 0.417 e. The fraction of sp³-hybridized carbons (Fsp3) is 0.0714. The van der Waals surface area contributed by atoms with Crippen molar-refractivity contribution in [1.82, 2.24) is 15.0 Å². The minimum atomic E-state index is -4.46. The number of rotatable bonds is 1. The molecule has 22 heavy (non-hydrogen) atoms. The van der Waals surface area contributed by atoms with Crippen LogP contribution in [0.25, 0.3) is 22.2 Å². The highest BCUT2D eigenvalue weighted by Gasteiger charge is 2.32. The molecule has 0 saturated carbocycles. The Balaban J connectivity index is 2.33. The third-order valence-corrected chi connectivity index (χ3v) is 3.15. The SMILES string of the molecule is Nc1cnc(-c2nccc3c(C(F)(F)F)cccc23)c(N)n1. The molecule has 2 aromatic heterocycles. The number of nitrogens with zero attached hydrogens (tertiary/aromatic N) is 3. The molecule has 0 aliphatic rings. The minimum absolute atomic E-state index is 0.0115. The van der Waals surface area contributed by atoms with Gasteiger partial charge in [-0.25, -0.2) is 9.97 Å². The van der Waals surface area contributed by atoms with Crippen molar-refractivity contribution < 1.29 is 13.2 Å². The van der Waals surface area contributed by atoms with Crippen LogP contribution in [0.15, 0.2) is 36.7 Å². The molecule has 8 heteroatoms. The van der Waals surface area contributed by atoms with Crippen LogP contribution >= 0.6 is 0 Å². The number of halogens is 3. The van der Waals surface area contributed by atoms with Gasteiger partial charge in [-0.05, 0) is 17.5 Å². The first-order valence-electron chi connectivity index (χ1n) is 6.21. The molecule has 0 aliphatic carbocycles. The fourth-order valence-corrected chi connectivity index (χ4v) is 2.24. The van der Waals surface area contributed by atoms with E-state index in [9.17, 15) is 13.2 Å². The van der Waals surface area contributed by atoms with Crippen molar-refractivity contribution in [2.24, 2.45) is 0 Å². The van der Waals surface area contributed by atoms with Gasteiger partial charge < -0.3 is 11.5 Å². The van der Waals surface area contributed by atoms with Gasteiger partial charge in [0, 0.05) is 11.6 Å². The van der Waals surface area contributed by atoms with Crippen LogP contribution in [0.3, 0.4) is 0 Å². The Labute approximate surface area is 122 Å². The van der Waals surface area contributed by atoms with E-state index in [4.69, 9.17) is 11.5 Å². The number of nitrogen functional groups attached to an aromatic ring is 2. The molecule has 112 valence electrons. The monoisotopic (exact) mass is 305 g/mol. The quantitative estimate of drug-likeness (QED) is 0.721. The van der Waals surface area contributed by atoms with Crippen LogP contribution in [0, 0.1) is 0 Å². The maximum atomic E-state index is 13.1. The number of alkyl halides is 3. The molecule has 0 spiro atoms. The summed E-state index contributed by atoms with van der Waals surface area (Å²) in [6.45, 7) is 0. The average Bonchev–Trinajstić information content (AvgIpc) is 2.45. The topological polar surface area (TPSA) is 90.7 Å². The van der Waals surface area contributed by atoms with E-state index in [1.54, 1.807) is 0 Å². The van der Waals surface area contributed by atoms with E-state index in [2.05, 4.69) is 15.0 Å². The van der Waals surface area contributed by atoms with Crippen LogP contribution < -0.4 is 11.5 Å². The van der Waals surface area contributed by atoms with E-state index in [0.717, 1.165) is 6.07 Å². The second-order valence-corrected chi connectivity index (χ2v) is 4.59. The third kappa shape index (κ3) is 2.28. The number of aromatic nitrogens is 3. The smallest absolute Gasteiger partial charge is 0.382 e. The van der Waals surface area contributed by atoms with Crippen LogP contribution in [0.2, 0.25) is 0 Å². The summed E-state index contributed by atoms with van der Waals surface area (Å²) in [6.07, 6.45) is -1.90. The molecule has 0 fully saturated rings. The van der Waals surface area contributed by atoms with Gasteiger partial charge in [-0.1, -0.05) is 12.1 Å². The van der Waals surface area contributed by atoms with Crippen LogP contribution in [-0.4, -0.2) is 15.0 Å². The lowest BCUT2D eigenvalue weighted by Gasteiger charge is -2.12. The number of benzene rings is 1. The van der Waals surface area contributed by atoms with Crippen LogP contribution in [0.4, 0.5) is 24.8 Å². The van der Waals surface area contributed by atoms with Gasteiger partial charge in [-0.3, -0.25) is 4.98 Å². The maximum absolute atomic E-state index is 13.1. The number of anilines is 2. The highest BCUT2D eigenvalue weighted by Crippen LogP contribution is 2.37. The molecule has 0 radical (unpaired) electrons. The van der Waals surface area contributed by atoms with E-state index in [0.29, 0.717) is 5.39 Å². The van der Waals surface area contributed by atoms with Crippen molar-refractivity contribution in [3.63, 3.8) is 0 Å². The molecule has 0 unspecified atom stereocenters. The highest BCUT2D eigenvalue weighted by molar-refractivity contribution is 5.97. The van der Waals surface area contributed by atoms with Gasteiger partial charge >= 0.3 is 6.18 Å². The number of fused-ring (bicyclic) bond motifs is 1. The number of nitrogens with two attached hydrogens (primary N) is 2. The highest BCUT2D eigenvalue weighted by atomic mass is 19.4. The predicted octanol–water partition coefficient (Wildman–Crippen LogP) is 2.88. The standard InChI is InChI=1S/C14H10F3N5/c15-14(16,17)9-3-1-2-8-7(9)4-5-20-11(8)12-13(19)22-10(18)6-21-12/h1-6H,(H4,18,19,22). The molecule has 2 heterocycles. The van der Waals surface area contributed by atoms with Crippen molar-refractivity contribution in [1.29, 1.82) is 0 Å². The van der Waals surface area contributed by atoms with E-state index < -0.39 is 11.7 Å². The zero-order valence-corrected chi connectivity index (χ0v) is 11.1. The first-order valence-corrected chi connectivity index (χ1v) is 6.21. The molecule has 0 aliphatic heterocycles. The average molecular weight is 305 g/mol. The van der Waals surface area contributed by atoms with E-state index in [1.165, 1.54) is 30.6 Å². The number of hydrogen-bond donors (Lipinski definition) is 2. The van der Waals surface area contributed by atoms with Gasteiger partial charge in [0.15, 0.2) is 5.82 Å². The molecular weight excluding hydrogens is 295 g/mol. The molecule has 5 nitrogen and oxygen atoms in total. The summed E-state index contributed by atoms with van der Waals surface area (Å²) < 4.78 is 39.3. The molecule has 0 amide bonds. The summed E-state index contributed by atoms with van der Waals surface area (Å²) >= 11 is 0. The Kier molecular flexibility index (Phi) is 3.09. The zero-order valence-electron chi connectivity index (χ0n) is 11.1. The first-order chi connectivity index (χ1) is 10.4. The molecule has 0 saturated heterocycles. The Morgan fingerprint density at radius 3 is 2.36 bits per heavy atom.